The average Bonchev–Trinajstić information content (AvgIpc) is 3.22. The summed E-state index contributed by atoms with van der Waals surface area (Å²) >= 11 is 6.96. The summed E-state index contributed by atoms with van der Waals surface area (Å²) in [4.78, 5) is 14.0. The standard InChI is InChI=1S/C18H18N2O4S2/c1-23-10-4-9-19-12-14(26-18(19)25)11-13-7-8-17(24-13)15-5-2-3-6-16(15)20(21)22/h2-3,5-8,11H,4,9-10,12H2,1H3. The van der Waals surface area contributed by atoms with E-state index in [0.717, 1.165) is 28.7 Å². The third-order valence-electron chi connectivity index (χ3n) is 3.90. The lowest BCUT2D eigenvalue weighted by Gasteiger charge is -2.15. The molecule has 0 bridgehead atoms. The number of hydrogen-bond donors (Lipinski definition) is 0. The van der Waals surface area contributed by atoms with Gasteiger partial charge in [0.15, 0.2) is 0 Å². The number of benzene rings is 1. The van der Waals surface area contributed by atoms with E-state index in [2.05, 4.69) is 4.90 Å². The molecule has 6 nitrogen and oxygen atoms in total. The molecule has 1 aromatic carbocycles. The molecule has 1 saturated heterocycles. The van der Waals surface area contributed by atoms with E-state index in [1.165, 1.54) is 6.07 Å². The second-order valence-electron chi connectivity index (χ2n) is 5.72. The SMILES string of the molecule is COCCCN1CC(=Cc2ccc(-c3ccccc3[N+](=O)[O-])o2)SC1=S. The van der Waals surface area contributed by atoms with Gasteiger partial charge in [0.2, 0.25) is 0 Å². The van der Waals surface area contributed by atoms with Gasteiger partial charge in [-0.05, 0) is 30.7 Å². The molecule has 2 aromatic rings. The highest BCUT2D eigenvalue weighted by Gasteiger charge is 2.22. The number of ether oxygens (including phenoxy) is 1. The predicted octanol–water partition coefficient (Wildman–Crippen LogP) is 4.57. The largest absolute Gasteiger partial charge is 0.456 e. The zero-order valence-corrected chi connectivity index (χ0v) is 15.8. The summed E-state index contributed by atoms with van der Waals surface area (Å²) in [6, 6.07) is 10.1. The van der Waals surface area contributed by atoms with Gasteiger partial charge in [-0.1, -0.05) is 36.1 Å². The van der Waals surface area contributed by atoms with Crippen LogP contribution in [0.2, 0.25) is 0 Å². The first-order valence-corrected chi connectivity index (χ1v) is 9.31. The van der Waals surface area contributed by atoms with Crippen LogP contribution in [0.1, 0.15) is 12.2 Å². The highest BCUT2D eigenvalue weighted by atomic mass is 32.2. The summed E-state index contributed by atoms with van der Waals surface area (Å²) in [5, 5.41) is 11.2. The third-order valence-corrected chi connectivity index (χ3v) is 5.35. The Bertz CT molecular complexity index is 847. The molecule has 0 amide bonds. The maximum atomic E-state index is 11.2. The minimum Gasteiger partial charge on any atom is -0.456 e. The van der Waals surface area contributed by atoms with Crippen molar-refractivity contribution >= 4 is 40.1 Å². The molecule has 26 heavy (non-hydrogen) atoms. The minimum absolute atomic E-state index is 0.0294. The summed E-state index contributed by atoms with van der Waals surface area (Å²) in [7, 11) is 1.69. The van der Waals surface area contributed by atoms with Gasteiger partial charge in [-0.3, -0.25) is 10.1 Å². The zero-order chi connectivity index (χ0) is 18.5. The Labute approximate surface area is 161 Å². The molecule has 1 aromatic heterocycles. The van der Waals surface area contributed by atoms with Crippen LogP contribution in [-0.2, 0) is 4.74 Å². The number of furan rings is 1. The Balaban J connectivity index is 1.74. The molecule has 0 radical (unpaired) electrons. The van der Waals surface area contributed by atoms with E-state index in [0.29, 0.717) is 23.7 Å². The van der Waals surface area contributed by atoms with Gasteiger partial charge in [0.05, 0.1) is 17.0 Å². The van der Waals surface area contributed by atoms with Crippen molar-refractivity contribution in [2.45, 2.75) is 6.42 Å². The van der Waals surface area contributed by atoms with Crippen molar-refractivity contribution in [1.29, 1.82) is 0 Å². The van der Waals surface area contributed by atoms with E-state index in [4.69, 9.17) is 21.4 Å². The van der Waals surface area contributed by atoms with E-state index in [9.17, 15) is 10.1 Å². The number of thioether (sulfide) groups is 1. The number of nitrogens with zero attached hydrogens (tertiary/aromatic N) is 2. The molecule has 0 N–H and O–H groups in total. The fourth-order valence-electron chi connectivity index (χ4n) is 2.68. The molecular weight excluding hydrogens is 372 g/mol. The maximum Gasteiger partial charge on any atom is 0.280 e. The van der Waals surface area contributed by atoms with E-state index >= 15 is 0 Å². The van der Waals surface area contributed by atoms with Crippen molar-refractivity contribution in [1.82, 2.24) is 4.90 Å². The molecule has 136 valence electrons. The smallest absolute Gasteiger partial charge is 0.280 e. The van der Waals surface area contributed by atoms with Crippen LogP contribution in [0.3, 0.4) is 0 Å². The van der Waals surface area contributed by atoms with Crippen LogP contribution in [-0.4, -0.2) is 40.9 Å². The van der Waals surface area contributed by atoms with Crippen molar-refractivity contribution in [3.8, 4) is 11.3 Å². The maximum absolute atomic E-state index is 11.2. The quantitative estimate of drug-likeness (QED) is 0.297. The van der Waals surface area contributed by atoms with Crippen molar-refractivity contribution in [3.63, 3.8) is 0 Å². The number of hydrogen-bond acceptors (Lipinski definition) is 6. The summed E-state index contributed by atoms with van der Waals surface area (Å²) in [5.74, 6) is 1.13. The molecule has 0 unspecified atom stereocenters. The summed E-state index contributed by atoms with van der Waals surface area (Å²) < 4.78 is 11.7. The van der Waals surface area contributed by atoms with Crippen molar-refractivity contribution in [3.05, 3.63) is 57.2 Å². The number of para-hydroxylation sites is 1. The Morgan fingerprint density at radius 3 is 2.96 bits per heavy atom. The average molecular weight is 390 g/mol. The molecule has 0 saturated carbocycles. The molecule has 0 spiro atoms. The van der Waals surface area contributed by atoms with Crippen LogP contribution in [0.5, 0.6) is 0 Å². The minimum atomic E-state index is -0.404. The first-order valence-electron chi connectivity index (χ1n) is 8.08. The molecule has 2 heterocycles. The molecule has 0 aliphatic carbocycles. The summed E-state index contributed by atoms with van der Waals surface area (Å²) in [5.41, 5.74) is 0.500. The monoisotopic (exact) mass is 390 g/mol. The third kappa shape index (κ3) is 4.32. The Hall–Kier alpha value is -2.16. The molecule has 1 fully saturated rings. The summed E-state index contributed by atoms with van der Waals surface area (Å²) in [6.45, 7) is 2.31. The van der Waals surface area contributed by atoms with E-state index in [-0.39, 0.29) is 5.69 Å². The highest BCUT2D eigenvalue weighted by molar-refractivity contribution is 8.25. The van der Waals surface area contributed by atoms with Gasteiger partial charge in [0.1, 0.15) is 15.8 Å². The van der Waals surface area contributed by atoms with Crippen LogP contribution in [0.25, 0.3) is 17.4 Å². The molecule has 3 rings (SSSR count). The van der Waals surface area contributed by atoms with E-state index in [1.54, 1.807) is 43.1 Å². The van der Waals surface area contributed by atoms with Gasteiger partial charge in [-0.15, -0.1) is 0 Å². The Morgan fingerprint density at radius 2 is 2.19 bits per heavy atom. The van der Waals surface area contributed by atoms with Crippen LogP contribution >= 0.6 is 24.0 Å². The second kappa shape index (κ2) is 8.48. The van der Waals surface area contributed by atoms with Crippen molar-refractivity contribution in [2.24, 2.45) is 0 Å². The highest BCUT2D eigenvalue weighted by Crippen LogP contribution is 2.34. The summed E-state index contributed by atoms with van der Waals surface area (Å²) in [6.07, 6.45) is 2.86. The van der Waals surface area contributed by atoms with Gasteiger partial charge < -0.3 is 14.1 Å². The second-order valence-corrected chi connectivity index (χ2v) is 7.48. The molecule has 1 aliphatic rings. The van der Waals surface area contributed by atoms with Crippen molar-refractivity contribution < 1.29 is 14.1 Å². The van der Waals surface area contributed by atoms with Crippen LogP contribution in [0.4, 0.5) is 5.69 Å². The number of rotatable bonds is 7. The molecule has 1 aliphatic heterocycles. The lowest BCUT2D eigenvalue weighted by atomic mass is 10.1. The molecule has 8 heteroatoms. The van der Waals surface area contributed by atoms with Gasteiger partial charge in [-0.25, -0.2) is 0 Å². The van der Waals surface area contributed by atoms with Crippen LogP contribution in [0.15, 0.2) is 45.7 Å². The fourth-order valence-corrected chi connectivity index (χ4v) is 4.06. The first-order chi connectivity index (χ1) is 12.6. The topological polar surface area (TPSA) is 68.8 Å². The van der Waals surface area contributed by atoms with Crippen molar-refractivity contribution in [2.75, 3.05) is 26.8 Å². The van der Waals surface area contributed by atoms with Gasteiger partial charge in [-0.2, -0.15) is 0 Å². The zero-order valence-electron chi connectivity index (χ0n) is 14.2. The fraction of sp³-hybridized carbons (Fsp3) is 0.278. The number of nitro benzene ring substituents is 1. The van der Waals surface area contributed by atoms with Gasteiger partial charge in [0.25, 0.3) is 5.69 Å². The number of methoxy groups -OCH3 is 1. The van der Waals surface area contributed by atoms with Gasteiger partial charge in [0, 0.05) is 31.2 Å². The lowest BCUT2D eigenvalue weighted by Crippen LogP contribution is -2.24. The van der Waals surface area contributed by atoms with E-state index < -0.39 is 4.92 Å². The number of thiocarbonyl (C=S) groups is 1. The van der Waals surface area contributed by atoms with Crippen LogP contribution in [0, 0.1) is 10.1 Å². The Kier molecular flexibility index (Phi) is 6.08. The molecule has 0 atom stereocenters. The number of nitro groups is 1. The van der Waals surface area contributed by atoms with Gasteiger partial charge >= 0.3 is 0 Å². The van der Waals surface area contributed by atoms with E-state index in [1.807, 2.05) is 12.1 Å². The van der Waals surface area contributed by atoms with Crippen LogP contribution < -0.4 is 0 Å². The first kappa shape index (κ1) is 18.6. The Morgan fingerprint density at radius 1 is 1.38 bits per heavy atom. The lowest BCUT2D eigenvalue weighted by molar-refractivity contribution is -0.384. The normalized spacial score (nSPS) is 15.8. The molecular formula is C18H18N2O4S2. The predicted molar refractivity (Wildman–Crippen MR) is 107 cm³/mol.